The maximum Gasteiger partial charge on any atom is 0.322 e. The zero-order valence-electron chi connectivity index (χ0n) is 10.4. The highest BCUT2D eigenvalue weighted by molar-refractivity contribution is 6.07. The second-order valence-electron chi connectivity index (χ2n) is 5.12. The zero-order valence-corrected chi connectivity index (χ0v) is 10.4. The van der Waals surface area contributed by atoms with E-state index in [-0.39, 0.29) is 11.8 Å². The monoisotopic (exact) mass is 254 g/mol. The molecule has 6 heteroatoms. The van der Waals surface area contributed by atoms with Gasteiger partial charge in [-0.15, -0.1) is 0 Å². The Hall–Kier alpha value is -1.59. The molecule has 0 spiro atoms. The van der Waals surface area contributed by atoms with Crippen LogP contribution in [0.4, 0.5) is 4.79 Å². The number of carbonyl (C=O) groups excluding carboxylic acids is 2. The summed E-state index contributed by atoms with van der Waals surface area (Å²) in [4.78, 5) is 34.2. The minimum atomic E-state index is -0.991. The molecule has 3 amide bonds. The Morgan fingerprint density at radius 2 is 2.17 bits per heavy atom. The third-order valence-corrected chi connectivity index (χ3v) is 3.88. The molecular formula is C12H18N2O4. The van der Waals surface area contributed by atoms with Crippen molar-refractivity contribution in [2.45, 2.75) is 44.6 Å². The van der Waals surface area contributed by atoms with Crippen LogP contribution in [0.2, 0.25) is 0 Å². The van der Waals surface area contributed by atoms with Crippen LogP contribution in [0.25, 0.3) is 0 Å². The molecule has 2 fully saturated rings. The Morgan fingerprint density at radius 1 is 1.44 bits per heavy atom. The van der Waals surface area contributed by atoms with E-state index in [1.54, 1.807) is 0 Å². The molecule has 100 valence electrons. The highest BCUT2D eigenvalue weighted by Crippen LogP contribution is 2.49. The second kappa shape index (κ2) is 4.59. The van der Waals surface area contributed by atoms with E-state index in [4.69, 9.17) is 5.11 Å². The number of nitrogens with one attached hydrogen (secondary N) is 2. The number of carboxylic acids is 1. The third-order valence-electron chi connectivity index (χ3n) is 3.88. The lowest BCUT2D eigenvalue weighted by atomic mass is 9.86. The summed E-state index contributed by atoms with van der Waals surface area (Å²) >= 11 is 0. The van der Waals surface area contributed by atoms with E-state index in [2.05, 4.69) is 17.6 Å². The van der Waals surface area contributed by atoms with Crippen molar-refractivity contribution >= 4 is 17.9 Å². The number of imide groups is 1. The molecule has 0 bridgehead atoms. The first kappa shape index (κ1) is 12.9. The number of hydrogen-bond donors (Lipinski definition) is 3. The van der Waals surface area contributed by atoms with E-state index < -0.39 is 23.5 Å². The fraction of sp³-hybridized carbons (Fsp3) is 0.750. The van der Waals surface area contributed by atoms with E-state index in [0.29, 0.717) is 12.8 Å². The number of unbranched alkanes of at least 4 members (excludes halogenated alkanes) is 2. The van der Waals surface area contributed by atoms with E-state index in [1.165, 1.54) is 0 Å². The summed E-state index contributed by atoms with van der Waals surface area (Å²) in [6, 6.07) is -0.507. The van der Waals surface area contributed by atoms with Gasteiger partial charge in [0.1, 0.15) is 5.54 Å². The maximum atomic E-state index is 12.0. The van der Waals surface area contributed by atoms with Gasteiger partial charge in [-0.2, -0.15) is 0 Å². The molecule has 6 nitrogen and oxygen atoms in total. The first-order valence-corrected chi connectivity index (χ1v) is 6.37. The summed E-state index contributed by atoms with van der Waals surface area (Å²) in [5, 5.41) is 13.9. The molecule has 2 aliphatic rings. The molecule has 1 saturated heterocycles. The lowest BCUT2D eigenvalue weighted by molar-refractivity contribution is -0.139. The normalized spacial score (nSPS) is 34.1. The second-order valence-corrected chi connectivity index (χ2v) is 5.12. The van der Waals surface area contributed by atoms with Crippen molar-refractivity contribution in [3.8, 4) is 0 Å². The van der Waals surface area contributed by atoms with Gasteiger partial charge >= 0.3 is 12.0 Å². The van der Waals surface area contributed by atoms with Gasteiger partial charge in [0, 0.05) is 5.92 Å². The van der Waals surface area contributed by atoms with Gasteiger partial charge in [-0.25, -0.2) is 4.79 Å². The van der Waals surface area contributed by atoms with Crippen LogP contribution in [0.3, 0.4) is 0 Å². The Kier molecular flexibility index (Phi) is 3.28. The third kappa shape index (κ3) is 2.07. The fourth-order valence-electron chi connectivity index (χ4n) is 2.79. The smallest absolute Gasteiger partial charge is 0.322 e. The van der Waals surface area contributed by atoms with E-state index in [0.717, 1.165) is 19.3 Å². The van der Waals surface area contributed by atoms with Crippen LogP contribution in [-0.4, -0.2) is 28.6 Å². The first-order chi connectivity index (χ1) is 8.51. The van der Waals surface area contributed by atoms with Crippen LogP contribution in [0.15, 0.2) is 0 Å². The molecule has 3 atom stereocenters. The summed E-state index contributed by atoms with van der Waals surface area (Å²) in [6.07, 6.45) is 3.78. The van der Waals surface area contributed by atoms with Crippen LogP contribution in [-0.2, 0) is 9.59 Å². The molecule has 18 heavy (non-hydrogen) atoms. The summed E-state index contributed by atoms with van der Waals surface area (Å²) in [7, 11) is 0. The predicted molar refractivity (Wildman–Crippen MR) is 62.8 cm³/mol. The minimum absolute atomic E-state index is 0.265. The van der Waals surface area contributed by atoms with E-state index in [9.17, 15) is 14.4 Å². The van der Waals surface area contributed by atoms with Gasteiger partial charge < -0.3 is 10.4 Å². The standard InChI is InChI=1S/C12H18N2O4/c1-2-3-4-5-12(8-6-7(8)9(15)16)10(17)13-11(18)14-12/h7-8H,2-6H2,1H3,(H,15,16)(H2,13,14,17,18). The highest BCUT2D eigenvalue weighted by Gasteiger charge is 2.62. The van der Waals surface area contributed by atoms with Crippen LogP contribution in [0.5, 0.6) is 0 Å². The number of rotatable bonds is 6. The number of aliphatic carboxylic acids is 1. The van der Waals surface area contributed by atoms with Crippen molar-refractivity contribution in [3.63, 3.8) is 0 Å². The number of carboxylic acid groups (broad SMARTS) is 1. The van der Waals surface area contributed by atoms with Gasteiger partial charge in [0.15, 0.2) is 0 Å². The number of urea groups is 1. The Morgan fingerprint density at radius 3 is 2.61 bits per heavy atom. The molecule has 3 N–H and O–H groups in total. The van der Waals surface area contributed by atoms with Crippen LogP contribution in [0.1, 0.15) is 39.0 Å². The lowest BCUT2D eigenvalue weighted by Crippen LogP contribution is -2.49. The van der Waals surface area contributed by atoms with Gasteiger partial charge in [0.05, 0.1) is 5.92 Å². The molecular weight excluding hydrogens is 236 g/mol. The molecule has 0 aromatic heterocycles. The Bertz CT molecular complexity index is 396. The lowest BCUT2D eigenvalue weighted by Gasteiger charge is -2.26. The van der Waals surface area contributed by atoms with Crippen LogP contribution < -0.4 is 10.6 Å². The van der Waals surface area contributed by atoms with E-state index >= 15 is 0 Å². The molecule has 0 radical (unpaired) electrons. The van der Waals surface area contributed by atoms with Gasteiger partial charge in [-0.3, -0.25) is 14.9 Å². The summed E-state index contributed by atoms with van der Waals surface area (Å²) in [6.45, 7) is 2.05. The maximum absolute atomic E-state index is 12.0. The summed E-state index contributed by atoms with van der Waals surface area (Å²) in [5.41, 5.74) is -0.991. The van der Waals surface area contributed by atoms with Crippen molar-refractivity contribution in [2.75, 3.05) is 0 Å². The van der Waals surface area contributed by atoms with Crippen molar-refractivity contribution in [1.82, 2.24) is 10.6 Å². The van der Waals surface area contributed by atoms with Gasteiger partial charge in [-0.05, 0) is 12.8 Å². The number of carbonyl (C=O) groups is 3. The average Bonchev–Trinajstić information content (AvgIpc) is 3.03. The van der Waals surface area contributed by atoms with Crippen molar-refractivity contribution in [1.29, 1.82) is 0 Å². The van der Waals surface area contributed by atoms with Gasteiger partial charge in [0.25, 0.3) is 5.91 Å². The first-order valence-electron chi connectivity index (χ1n) is 6.37. The van der Waals surface area contributed by atoms with Gasteiger partial charge in [-0.1, -0.05) is 26.2 Å². The SMILES string of the molecule is CCCCCC1(C2CC2C(=O)O)NC(=O)NC1=O. The molecule has 1 saturated carbocycles. The molecule has 2 rings (SSSR count). The molecule has 1 aliphatic carbocycles. The fourth-order valence-corrected chi connectivity index (χ4v) is 2.79. The largest absolute Gasteiger partial charge is 0.481 e. The van der Waals surface area contributed by atoms with Crippen molar-refractivity contribution in [2.24, 2.45) is 11.8 Å². The number of amides is 3. The zero-order chi connectivity index (χ0) is 13.3. The van der Waals surface area contributed by atoms with Crippen molar-refractivity contribution in [3.05, 3.63) is 0 Å². The van der Waals surface area contributed by atoms with Gasteiger partial charge in [0.2, 0.25) is 0 Å². The van der Waals surface area contributed by atoms with Crippen LogP contribution >= 0.6 is 0 Å². The predicted octanol–water partition coefficient (Wildman–Crippen LogP) is 0.866. The molecule has 0 aromatic carbocycles. The molecule has 1 aliphatic heterocycles. The summed E-state index contributed by atoms with van der Waals surface area (Å²) in [5.74, 6) is -2.02. The summed E-state index contributed by atoms with van der Waals surface area (Å²) < 4.78 is 0. The minimum Gasteiger partial charge on any atom is -0.481 e. The van der Waals surface area contributed by atoms with Crippen molar-refractivity contribution < 1.29 is 19.5 Å². The molecule has 3 unspecified atom stereocenters. The highest BCUT2D eigenvalue weighted by atomic mass is 16.4. The topological polar surface area (TPSA) is 95.5 Å². The number of hydrogen-bond acceptors (Lipinski definition) is 3. The Labute approximate surface area is 105 Å². The average molecular weight is 254 g/mol. The Balaban J connectivity index is 2.11. The molecule has 1 heterocycles. The van der Waals surface area contributed by atoms with E-state index in [1.807, 2.05) is 0 Å². The van der Waals surface area contributed by atoms with Crippen LogP contribution in [0, 0.1) is 11.8 Å². The quantitative estimate of drug-likeness (QED) is 0.484. The molecule has 0 aromatic rings.